The lowest BCUT2D eigenvalue weighted by Crippen LogP contribution is -2.43. The Kier molecular flexibility index (Phi) is 3.65. The standard InChI is InChI=1S/C16H18N2O/c1-2-4-15(5-3-1)19-16-8-6-14(7-9-16)18-12-10-17-11-13-18/h1-9,17H,10-13H2. The normalized spacial score (nSPS) is 15.3. The van der Waals surface area contributed by atoms with Gasteiger partial charge < -0.3 is 15.0 Å². The van der Waals surface area contributed by atoms with Gasteiger partial charge in [0.15, 0.2) is 0 Å². The molecule has 1 heterocycles. The van der Waals surface area contributed by atoms with Crippen LogP contribution in [-0.2, 0) is 0 Å². The van der Waals surface area contributed by atoms with Gasteiger partial charge >= 0.3 is 0 Å². The first-order valence-electron chi connectivity index (χ1n) is 6.70. The van der Waals surface area contributed by atoms with Gasteiger partial charge in [0, 0.05) is 31.9 Å². The van der Waals surface area contributed by atoms with Gasteiger partial charge in [0.25, 0.3) is 0 Å². The summed E-state index contributed by atoms with van der Waals surface area (Å²) in [5.41, 5.74) is 1.27. The Morgan fingerprint density at radius 3 is 2.11 bits per heavy atom. The highest BCUT2D eigenvalue weighted by atomic mass is 16.5. The van der Waals surface area contributed by atoms with Crippen LogP contribution in [0.3, 0.4) is 0 Å². The average Bonchev–Trinajstić information content (AvgIpc) is 2.50. The van der Waals surface area contributed by atoms with Crippen LogP contribution in [0, 0.1) is 0 Å². The van der Waals surface area contributed by atoms with Crippen LogP contribution in [0.2, 0.25) is 0 Å². The molecule has 0 unspecified atom stereocenters. The number of nitrogens with one attached hydrogen (secondary N) is 1. The second kappa shape index (κ2) is 5.76. The van der Waals surface area contributed by atoms with E-state index < -0.39 is 0 Å². The van der Waals surface area contributed by atoms with Crippen LogP contribution in [-0.4, -0.2) is 26.2 Å². The van der Waals surface area contributed by atoms with Crippen molar-refractivity contribution in [3.8, 4) is 11.5 Å². The third-order valence-electron chi connectivity index (χ3n) is 3.30. The second-order valence-electron chi connectivity index (χ2n) is 4.65. The summed E-state index contributed by atoms with van der Waals surface area (Å²) in [4.78, 5) is 2.39. The first-order valence-corrected chi connectivity index (χ1v) is 6.70. The molecule has 0 saturated carbocycles. The number of ether oxygens (including phenoxy) is 1. The van der Waals surface area contributed by atoms with E-state index in [0.29, 0.717) is 0 Å². The summed E-state index contributed by atoms with van der Waals surface area (Å²) in [5.74, 6) is 1.75. The Morgan fingerprint density at radius 1 is 0.789 bits per heavy atom. The molecular weight excluding hydrogens is 236 g/mol. The fourth-order valence-electron chi connectivity index (χ4n) is 2.27. The van der Waals surface area contributed by atoms with Crippen molar-refractivity contribution in [3.63, 3.8) is 0 Å². The molecule has 98 valence electrons. The van der Waals surface area contributed by atoms with E-state index in [1.807, 2.05) is 42.5 Å². The lowest BCUT2D eigenvalue weighted by atomic mass is 10.2. The van der Waals surface area contributed by atoms with E-state index in [1.165, 1.54) is 5.69 Å². The summed E-state index contributed by atoms with van der Waals surface area (Å²) in [6.07, 6.45) is 0. The number of hydrogen-bond acceptors (Lipinski definition) is 3. The molecule has 0 aliphatic carbocycles. The largest absolute Gasteiger partial charge is 0.457 e. The van der Waals surface area contributed by atoms with Crippen molar-refractivity contribution < 1.29 is 4.74 Å². The van der Waals surface area contributed by atoms with E-state index in [4.69, 9.17) is 4.74 Å². The van der Waals surface area contributed by atoms with Crippen LogP contribution in [0.15, 0.2) is 54.6 Å². The summed E-state index contributed by atoms with van der Waals surface area (Å²) < 4.78 is 5.79. The SMILES string of the molecule is c1ccc(Oc2ccc(N3CCNCC3)cc2)cc1. The van der Waals surface area contributed by atoms with Crippen molar-refractivity contribution in [1.29, 1.82) is 0 Å². The minimum atomic E-state index is 0.873. The fourth-order valence-corrected chi connectivity index (χ4v) is 2.27. The highest BCUT2D eigenvalue weighted by Gasteiger charge is 2.10. The number of benzene rings is 2. The molecule has 3 rings (SSSR count). The van der Waals surface area contributed by atoms with Gasteiger partial charge in [0.2, 0.25) is 0 Å². The first kappa shape index (κ1) is 12.1. The number of anilines is 1. The van der Waals surface area contributed by atoms with Crippen LogP contribution in [0.4, 0.5) is 5.69 Å². The monoisotopic (exact) mass is 254 g/mol. The molecule has 0 bridgehead atoms. The molecule has 1 aliphatic rings. The summed E-state index contributed by atoms with van der Waals surface area (Å²) in [5, 5.41) is 3.36. The van der Waals surface area contributed by atoms with E-state index >= 15 is 0 Å². The number of rotatable bonds is 3. The zero-order valence-corrected chi connectivity index (χ0v) is 10.9. The van der Waals surface area contributed by atoms with Crippen LogP contribution in [0.1, 0.15) is 0 Å². The van der Waals surface area contributed by atoms with E-state index in [0.717, 1.165) is 37.7 Å². The first-order chi connectivity index (χ1) is 9.42. The third kappa shape index (κ3) is 3.06. The van der Waals surface area contributed by atoms with Crippen molar-refractivity contribution in [1.82, 2.24) is 5.32 Å². The Balaban J connectivity index is 1.68. The van der Waals surface area contributed by atoms with Gasteiger partial charge in [-0.1, -0.05) is 18.2 Å². The number of piperazine rings is 1. The smallest absolute Gasteiger partial charge is 0.127 e. The molecule has 0 atom stereocenters. The zero-order valence-electron chi connectivity index (χ0n) is 10.9. The third-order valence-corrected chi connectivity index (χ3v) is 3.30. The van der Waals surface area contributed by atoms with Crippen LogP contribution < -0.4 is 15.0 Å². The number of para-hydroxylation sites is 1. The fraction of sp³-hybridized carbons (Fsp3) is 0.250. The maximum absolute atomic E-state index is 5.79. The maximum atomic E-state index is 5.79. The Morgan fingerprint density at radius 2 is 1.42 bits per heavy atom. The van der Waals surface area contributed by atoms with Gasteiger partial charge in [0.05, 0.1) is 0 Å². The van der Waals surface area contributed by atoms with Gasteiger partial charge in [-0.05, 0) is 36.4 Å². The highest BCUT2D eigenvalue weighted by molar-refractivity contribution is 5.50. The van der Waals surface area contributed by atoms with E-state index in [-0.39, 0.29) is 0 Å². The molecule has 1 saturated heterocycles. The predicted octanol–water partition coefficient (Wildman–Crippen LogP) is 2.89. The van der Waals surface area contributed by atoms with Gasteiger partial charge in [-0.2, -0.15) is 0 Å². The lowest BCUT2D eigenvalue weighted by Gasteiger charge is -2.29. The molecule has 3 heteroatoms. The van der Waals surface area contributed by atoms with Crippen molar-refractivity contribution >= 4 is 5.69 Å². The van der Waals surface area contributed by atoms with E-state index in [9.17, 15) is 0 Å². The summed E-state index contributed by atoms with van der Waals surface area (Å²) in [6.45, 7) is 4.25. The molecule has 19 heavy (non-hydrogen) atoms. The number of nitrogens with zero attached hydrogens (tertiary/aromatic N) is 1. The molecule has 2 aromatic carbocycles. The van der Waals surface area contributed by atoms with Gasteiger partial charge in [-0.25, -0.2) is 0 Å². The molecule has 1 fully saturated rings. The quantitative estimate of drug-likeness (QED) is 0.911. The summed E-state index contributed by atoms with van der Waals surface area (Å²) >= 11 is 0. The van der Waals surface area contributed by atoms with Crippen molar-refractivity contribution in [3.05, 3.63) is 54.6 Å². The van der Waals surface area contributed by atoms with Crippen LogP contribution >= 0.6 is 0 Å². The van der Waals surface area contributed by atoms with E-state index in [2.05, 4.69) is 22.3 Å². The average molecular weight is 254 g/mol. The minimum Gasteiger partial charge on any atom is -0.457 e. The Labute approximate surface area is 113 Å². The molecule has 3 nitrogen and oxygen atoms in total. The minimum absolute atomic E-state index is 0.873. The van der Waals surface area contributed by atoms with Crippen molar-refractivity contribution in [2.75, 3.05) is 31.1 Å². The maximum Gasteiger partial charge on any atom is 0.127 e. The van der Waals surface area contributed by atoms with Crippen LogP contribution in [0.25, 0.3) is 0 Å². The molecule has 0 aromatic heterocycles. The van der Waals surface area contributed by atoms with Crippen molar-refractivity contribution in [2.24, 2.45) is 0 Å². The molecule has 0 spiro atoms. The zero-order chi connectivity index (χ0) is 12.9. The molecule has 1 aliphatic heterocycles. The molecule has 0 amide bonds. The number of hydrogen-bond donors (Lipinski definition) is 1. The summed E-state index contributed by atoms with van der Waals surface area (Å²) in [7, 11) is 0. The predicted molar refractivity (Wildman–Crippen MR) is 78.0 cm³/mol. The Hall–Kier alpha value is -2.00. The van der Waals surface area contributed by atoms with Crippen molar-refractivity contribution in [2.45, 2.75) is 0 Å². The molecular formula is C16H18N2O. The molecule has 0 radical (unpaired) electrons. The lowest BCUT2D eigenvalue weighted by molar-refractivity contribution is 0.482. The van der Waals surface area contributed by atoms with Gasteiger partial charge in [-0.3, -0.25) is 0 Å². The summed E-state index contributed by atoms with van der Waals surface area (Å²) in [6, 6.07) is 18.2. The molecule has 2 aromatic rings. The van der Waals surface area contributed by atoms with Crippen LogP contribution in [0.5, 0.6) is 11.5 Å². The molecule has 1 N–H and O–H groups in total. The second-order valence-corrected chi connectivity index (χ2v) is 4.65. The Bertz CT molecular complexity index is 504. The topological polar surface area (TPSA) is 24.5 Å². The highest BCUT2D eigenvalue weighted by Crippen LogP contribution is 2.24. The van der Waals surface area contributed by atoms with Gasteiger partial charge in [-0.15, -0.1) is 0 Å². The van der Waals surface area contributed by atoms with Gasteiger partial charge in [0.1, 0.15) is 11.5 Å². The van der Waals surface area contributed by atoms with E-state index in [1.54, 1.807) is 0 Å².